The van der Waals surface area contributed by atoms with Crippen molar-refractivity contribution in [3.8, 4) is 0 Å². The Hall–Kier alpha value is -0.290. The Labute approximate surface area is 125 Å². The van der Waals surface area contributed by atoms with Gasteiger partial charge in [-0.15, -0.1) is 22.9 Å². The molecule has 0 fully saturated rings. The maximum Gasteiger partial charge on any atom is 0.187 e. The summed E-state index contributed by atoms with van der Waals surface area (Å²) in [5, 5.41) is 3.56. The molecular weight excluding hydrogens is 307 g/mol. The van der Waals surface area contributed by atoms with Crippen molar-refractivity contribution in [1.29, 1.82) is 0 Å². The van der Waals surface area contributed by atoms with Crippen LogP contribution in [0.2, 0.25) is 5.15 Å². The van der Waals surface area contributed by atoms with E-state index < -0.39 is 0 Å². The third-order valence-corrected chi connectivity index (χ3v) is 5.69. The van der Waals surface area contributed by atoms with Crippen molar-refractivity contribution in [1.82, 2.24) is 4.98 Å². The monoisotopic (exact) mass is 320 g/mol. The van der Waals surface area contributed by atoms with Crippen LogP contribution in [0, 0.1) is 0 Å². The summed E-state index contributed by atoms with van der Waals surface area (Å²) >= 11 is 15.2. The number of hydrogen-bond acceptors (Lipinski definition) is 4. The molecule has 0 amide bonds. The summed E-state index contributed by atoms with van der Waals surface area (Å²) in [5.41, 5.74) is 0. The zero-order valence-electron chi connectivity index (χ0n) is 10.2. The standard InChI is InChI=1S/C12H14Cl2N2S2/c1-8(6-9-4-3-5-17-9)16(2)12-15-11(14)10(7-13)18-12/h3-5,8H,6-7H2,1-2H3. The molecule has 0 aromatic carbocycles. The fourth-order valence-corrected chi connectivity index (χ4v) is 3.96. The highest BCUT2D eigenvalue weighted by molar-refractivity contribution is 7.16. The molecule has 0 radical (unpaired) electrons. The highest BCUT2D eigenvalue weighted by atomic mass is 35.5. The Balaban J connectivity index is 2.07. The van der Waals surface area contributed by atoms with Crippen molar-refractivity contribution in [3.63, 3.8) is 0 Å². The van der Waals surface area contributed by atoms with Crippen molar-refractivity contribution in [2.24, 2.45) is 0 Å². The Morgan fingerprint density at radius 3 is 2.83 bits per heavy atom. The fourth-order valence-electron chi connectivity index (χ4n) is 1.60. The van der Waals surface area contributed by atoms with Crippen LogP contribution >= 0.6 is 45.9 Å². The van der Waals surface area contributed by atoms with E-state index in [-0.39, 0.29) is 0 Å². The number of hydrogen-bond donors (Lipinski definition) is 0. The van der Waals surface area contributed by atoms with Crippen LogP contribution in [0.15, 0.2) is 17.5 Å². The van der Waals surface area contributed by atoms with E-state index >= 15 is 0 Å². The van der Waals surface area contributed by atoms with Gasteiger partial charge >= 0.3 is 0 Å². The predicted molar refractivity (Wildman–Crippen MR) is 82.6 cm³/mol. The molecule has 6 heteroatoms. The first-order valence-corrected chi connectivity index (χ1v) is 8.19. The van der Waals surface area contributed by atoms with E-state index in [1.165, 1.54) is 4.88 Å². The average Bonchev–Trinajstić information content (AvgIpc) is 2.97. The first-order valence-electron chi connectivity index (χ1n) is 5.58. The van der Waals surface area contributed by atoms with Gasteiger partial charge in [-0.3, -0.25) is 0 Å². The lowest BCUT2D eigenvalue weighted by molar-refractivity contribution is 0.686. The van der Waals surface area contributed by atoms with Gasteiger partial charge in [0.05, 0.1) is 10.8 Å². The second-order valence-corrected chi connectivity index (χ2v) is 6.81. The van der Waals surface area contributed by atoms with Crippen LogP contribution < -0.4 is 4.90 Å². The van der Waals surface area contributed by atoms with Gasteiger partial charge in [-0.1, -0.05) is 29.0 Å². The summed E-state index contributed by atoms with van der Waals surface area (Å²) in [6.07, 6.45) is 1.02. The molecule has 0 spiro atoms. The lowest BCUT2D eigenvalue weighted by Gasteiger charge is -2.23. The van der Waals surface area contributed by atoms with Gasteiger partial charge in [0.15, 0.2) is 5.13 Å². The van der Waals surface area contributed by atoms with Gasteiger partial charge in [0.1, 0.15) is 5.15 Å². The molecule has 0 bridgehead atoms. The quantitative estimate of drug-likeness (QED) is 0.744. The molecule has 0 aliphatic carbocycles. The number of anilines is 1. The van der Waals surface area contributed by atoms with Crippen LogP contribution in [0.1, 0.15) is 16.7 Å². The van der Waals surface area contributed by atoms with Gasteiger partial charge in [-0.25, -0.2) is 4.98 Å². The topological polar surface area (TPSA) is 16.1 Å². The molecule has 0 aliphatic heterocycles. The summed E-state index contributed by atoms with van der Waals surface area (Å²) in [5.74, 6) is 0.420. The molecular formula is C12H14Cl2N2S2. The smallest absolute Gasteiger partial charge is 0.187 e. The van der Waals surface area contributed by atoms with Crippen molar-refractivity contribution < 1.29 is 0 Å². The summed E-state index contributed by atoms with van der Waals surface area (Å²) in [7, 11) is 2.05. The van der Waals surface area contributed by atoms with Crippen molar-refractivity contribution >= 4 is 51.0 Å². The zero-order valence-corrected chi connectivity index (χ0v) is 13.3. The number of aromatic nitrogens is 1. The normalized spacial score (nSPS) is 12.7. The molecule has 98 valence electrons. The molecule has 2 aromatic rings. The highest BCUT2D eigenvalue weighted by Gasteiger charge is 2.17. The highest BCUT2D eigenvalue weighted by Crippen LogP contribution is 2.31. The van der Waals surface area contributed by atoms with Gasteiger partial charge in [-0.2, -0.15) is 0 Å². The van der Waals surface area contributed by atoms with Gasteiger partial charge in [-0.05, 0) is 18.4 Å². The first kappa shape index (κ1) is 14.1. The predicted octanol–water partition coefficient (Wildman–Crippen LogP) is 4.66. The zero-order chi connectivity index (χ0) is 13.1. The average molecular weight is 321 g/mol. The van der Waals surface area contributed by atoms with E-state index in [1.54, 1.807) is 22.7 Å². The van der Waals surface area contributed by atoms with Gasteiger partial charge in [0, 0.05) is 24.4 Å². The third-order valence-electron chi connectivity index (χ3n) is 2.80. The molecule has 1 atom stereocenters. The van der Waals surface area contributed by atoms with E-state index in [0.29, 0.717) is 17.1 Å². The van der Waals surface area contributed by atoms with Crippen molar-refractivity contribution in [2.75, 3.05) is 11.9 Å². The Kier molecular flexibility index (Phi) is 4.90. The van der Waals surface area contributed by atoms with E-state index in [2.05, 4.69) is 34.3 Å². The number of rotatable bonds is 5. The molecule has 2 nitrogen and oxygen atoms in total. The van der Waals surface area contributed by atoms with Crippen LogP contribution in [-0.4, -0.2) is 18.1 Å². The van der Waals surface area contributed by atoms with E-state index in [9.17, 15) is 0 Å². The summed E-state index contributed by atoms with van der Waals surface area (Å²) in [6.45, 7) is 2.19. The molecule has 1 unspecified atom stereocenters. The number of halogens is 2. The van der Waals surface area contributed by atoms with Crippen molar-refractivity contribution in [3.05, 3.63) is 32.4 Å². The van der Waals surface area contributed by atoms with E-state index in [4.69, 9.17) is 23.2 Å². The fraction of sp³-hybridized carbons (Fsp3) is 0.417. The number of thiophene rings is 1. The van der Waals surface area contributed by atoms with Crippen molar-refractivity contribution in [2.45, 2.75) is 25.3 Å². The minimum atomic E-state index is 0.383. The summed E-state index contributed by atoms with van der Waals surface area (Å²) < 4.78 is 0. The second kappa shape index (κ2) is 6.24. The van der Waals surface area contributed by atoms with Crippen LogP contribution in [0.4, 0.5) is 5.13 Å². The molecule has 0 N–H and O–H groups in total. The summed E-state index contributed by atoms with van der Waals surface area (Å²) in [4.78, 5) is 8.84. The SMILES string of the molecule is CC(Cc1cccs1)N(C)c1nc(Cl)c(CCl)s1. The molecule has 0 saturated heterocycles. The molecule has 0 aliphatic rings. The lowest BCUT2D eigenvalue weighted by atomic mass is 10.2. The second-order valence-electron chi connectivity index (χ2n) is 4.09. The lowest BCUT2D eigenvalue weighted by Crippen LogP contribution is -2.30. The van der Waals surface area contributed by atoms with E-state index in [1.807, 2.05) is 7.05 Å². The minimum absolute atomic E-state index is 0.383. The Morgan fingerprint density at radius 1 is 1.50 bits per heavy atom. The number of thiazole rings is 1. The van der Waals surface area contributed by atoms with Gasteiger partial charge in [0.2, 0.25) is 0 Å². The summed E-state index contributed by atoms with van der Waals surface area (Å²) in [6, 6.07) is 4.63. The van der Waals surface area contributed by atoms with E-state index in [0.717, 1.165) is 16.4 Å². The molecule has 2 rings (SSSR count). The molecule has 18 heavy (non-hydrogen) atoms. The third kappa shape index (κ3) is 3.18. The Bertz CT molecular complexity index is 496. The number of alkyl halides is 1. The minimum Gasteiger partial charge on any atom is -0.348 e. The molecule has 2 aromatic heterocycles. The van der Waals surface area contributed by atoms with Crippen LogP contribution in [-0.2, 0) is 12.3 Å². The van der Waals surface area contributed by atoms with Gasteiger partial charge < -0.3 is 4.90 Å². The number of nitrogens with zero attached hydrogens (tertiary/aromatic N) is 2. The Morgan fingerprint density at radius 2 is 2.28 bits per heavy atom. The van der Waals surface area contributed by atoms with Gasteiger partial charge in [0.25, 0.3) is 0 Å². The molecule has 2 heterocycles. The van der Waals surface area contributed by atoms with Crippen LogP contribution in [0.25, 0.3) is 0 Å². The maximum absolute atomic E-state index is 6.03. The largest absolute Gasteiger partial charge is 0.348 e. The molecule has 0 saturated carbocycles. The number of likely N-dealkylation sites (N-methyl/N-ethyl adjacent to an activating group) is 1. The van der Waals surface area contributed by atoms with Crippen LogP contribution in [0.3, 0.4) is 0 Å². The maximum atomic E-state index is 6.03. The first-order chi connectivity index (χ1) is 8.61. The van der Waals surface area contributed by atoms with Crippen LogP contribution in [0.5, 0.6) is 0 Å².